The topological polar surface area (TPSA) is 55.1 Å². The first-order valence-electron chi connectivity index (χ1n) is 6.43. The molecule has 0 aliphatic carbocycles. The van der Waals surface area contributed by atoms with E-state index in [4.69, 9.17) is 5.73 Å². The standard InChI is InChI=1S/C13H28N2O/c1-10(2)8-12(9-11(3)4)15-7-5-6-13(14)16/h10-12,15H,5-9H2,1-4H3,(H2,14,16). The molecule has 96 valence electrons. The summed E-state index contributed by atoms with van der Waals surface area (Å²) >= 11 is 0. The van der Waals surface area contributed by atoms with Gasteiger partial charge in [-0.15, -0.1) is 0 Å². The fourth-order valence-corrected chi connectivity index (χ4v) is 1.97. The molecule has 0 aromatic rings. The molecule has 3 heteroatoms. The lowest BCUT2D eigenvalue weighted by Crippen LogP contribution is -2.33. The van der Waals surface area contributed by atoms with Crippen LogP contribution in [0, 0.1) is 11.8 Å². The molecular weight excluding hydrogens is 200 g/mol. The number of amides is 1. The summed E-state index contributed by atoms with van der Waals surface area (Å²) in [6, 6.07) is 0.577. The lowest BCUT2D eigenvalue weighted by molar-refractivity contribution is -0.118. The van der Waals surface area contributed by atoms with E-state index >= 15 is 0 Å². The summed E-state index contributed by atoms with van der Waals surface area (Å²) in [6.45, 7) is 9.89. The van der Waals surface area contributed by atoms with Crippen molar-refractivity contribution in [2.75, 3.05) is 6.54 Å². The molecule has 0 spiro atoms. The quantitative estimate of drug-likeness (QED) is 0.595. The molecule has 0 atom stereocenters. The molecule has 0 aromatic heterocycles. The van der Waals surface area contributed by atoms with Crippen molar-refractivity contribution in [2.24, 2.45) is 17.6 Å². The van der Waals surface area contributed by atoms with E-state index in [9.17, 15) is 4.79 Å². The second-order valence-corrected chi connectivity index (χ2v) is 5.48. The van der Waals surface area contributed by atoms with Crippen LogP contribution in [0.25, 0.3) is 0 Å². The van der Waals surface area contributed by atoms with Gasteiger partial charge in [-0.2, -0.15) is 0 Å². The third kappa shape index (κ3) is 9.97. The number of nitrogens with two attached hydrogens (primary N) is 1. The average molecular weight is 228 g/mol. The molecule has 0 saturated heterocycles. The molecule has 0 bridgehead atoms. The van der Waals surface area contributed by atoms with Crippen molar-refractivity contribution in [3.8, 4) is 0 Å². The minimum Gasteiger partial charge on any atom is -0.370 e. The van der Waals surface area contributed by atoms with Crippen molar-refractivity contribution >= 4 is 5.91 Å². The minimum atomic E-state index is -0.203. The predicted molar refractivity (Wildman–Crippen MR) is 69.1 cm³/mol. The molecule has 3 N–H and O–H groups in total. The van der Waals surface area contributed by atoms with Gasteiger partial charge in [0.2, 0.25) is 5.91 Å². The first-order chi connectivity index (χ1) is 7.41. The highest BCUT2D eigenvalue weighted by Crippen LogP contribution is 2.13. The molecule has 0 aliphatic rings. The smallest absolute Gasteiger partial charge is 0.217 e. The van der Waals surface area contributed by atoms with Crippen molar-refractivity contribution in [1.29, 1.82) is 0 Å². The number of nitrogens with one attached hydrogen (secondary N) is 1. The van der Waals surface area contributed by atoms with Crippen molar-refractivity contribution in [2.45, 2.75) is 59.4 Å². The second-order valence-electron chi connectivity index (χ2n) is 5.48. The van der Waals surface area contributed by atoms with Crippen LogP contribution in [0.3, 0.4) is 0 Å². The van der Waals surface area contributed by atoms with E-state index in [2.05, 4.69) is 33.0 Å². The van der Waals surface area contributed by atoms with Gasteiger partial charge in [-0.1, -0.05) is 27.7 Å². The second kappa shape index (κ2) is 8.57. The summed E-state index contributed by atoms with van der Waals surface area (Å²) in [4.78, 5) is 10.6. The Morgan fingerprint density at radius 3 is 2.00 bits per heavy atom. The lowest BCUT2D eigenvalue weighted by Gasteiger charge is -2.22. The Morgan fingerprint density at radius 1 is 1.12 bits per heavy atom. The van der Waals surface area contributed by atoms with Crippen molar-refractivity contribution in [3.05, 3.63) is 0 Å². The van der Waals surface area contributed by atoms with Gasteiger partial charge >= 0.3 is 0 Å². The molecule has 3 nitrogen and oxygen atoms in total. The van der Waals surface area contributed by atoms with E-state index in [1.807, 2.05) is 0 Å². The van der Waals surface area contributed by atoms with Gasteiger partial charge in [-0.25, -0.2) is 0 Å². The Morgan fingerprint density at radius 2 is 1.62 bits per heavy atom. The van der Waals surface area contributed by atoms with Crippen molar-refractivity contribution in [3.63, 3.8) is 0 Å². The third-order valence-electron chi connectivity index (χ3n) is 2.54. The molecule has 0 unspecified atom stereocenters. The summed E-state index contributed by atoms with van der Waals surface area (Å²) in [5.41, 5.74) is 5.10. The highest BCUT2D eigenvalue weighted by atomic mass is 16.1. The van der Waals surface area contributed by atoms with Crippen LogP contribution >= 0.6 is 0 Å². The number of carbonyl (C=O) groups is 1. The van der Waals surface area contributed by atoms with E-state index in [-0.39, 0.29) is 5.91 Å². The first kappa shape index (κ1) is 15.4. The molecule has 0 heterocycles. The zero-order valence-electron chi connectivity index (χ0n) is 11.3. The number of hydrogen-bond acceptors (Lipinski definition) is 2. The maximum absolute atomic E-state index is 10.6. The molecule has 0 saturated carbocycles. The van der Waals surface area contributed by atoms with Crippen molar-refractivity contribution < 1.29 is 4.79 Å². The van der Waals surface area contributed by atoms with E-state index < -0.39 is 0 Å². The normalized spacial score (nSPS) is 11.7. The van der Waals surface area contributed by atoms with Crippen molar-refractivity contribution in [1.82, 2.24) is 5.32 Å². The predicted octanol–water partition coefficient (Wildman–Crippen LogP) is 2.30. The van der Waals surface area contributed by atoms with Crippen LogP contribution in [0.5, 0.6) is 0 Å². The monoisotopic (exact) mass is 228 g/mol. The minimum absolute atomic E-state index is 0.203. The molecule has 0 fully saturated rings. The summed E-state index contributed by atoms with van der Waals surface area (Å²) < 4.78 is 0. The Kier molecular flexibility index (Phi) is 8.26. The Hall–Kier alpha value is -0.570. The van der Waals surface area contributed by atoms with Gasteiger partial charge in [-0.3, -0.25) is 4.79 Å². The maximum atomic E-state index is 10.6. The number of rotatable bonds is 9. The van der Waals surface area contributed by atoms with Crippen LogP contribution in [0.1, 0.15) is 53.4 Å². The maximum Gasteiger partial charge on any atom is 0.217 e. The Balaban J connectivity index is 3.77. The fourth-order valence-electron chi connectivity index (χ4n) is 1.97. The Bertz CT molecular complexity index is 180. The van der Waals surface area contributed by atoms with Crippen LogP contribution < -0.4 is 11.1 Å². The fraction of sp³-hybridized carbons (Fsp3) is 0.923. The van der Waals surface area contributed by atoms with Gasteiger partial charge in [0, 0.05) is 12.5 Å². The van der Waals surface area contributed by atoms with Gasteiger partial charge in [-0.05, 0) is 37.6 Å². The molecule has 0 rings (SSSR count). The van der Waals surface area contributed by atoms with Gasteiger partial charge < -0.3 is 11.1 Å². The van der Waals surface area contributed by atoms with Gasteiger partial charge in [0.15, 0.2) is 0 Å². The summed E-state index contributed by atoms with van der Waals surface area (Å²) in [7, 11) is 0. The summed E-state index contributed by atoms with van der Waals surface area (Å²) in [5.74, 6) is 1.23. The summed E-state index contributed by atoms with van der Waals surface area (Å²) in [6.07, 6.45) is 3.74. The van der Waals surface area contributed by atoms with E-state index in [1.165, 1.54) is 12.8 Å². The zero-order chi connectivity index (χ0) is 12.6. The summed E-state index contributed by atoms with van der Waals surface area (Å²) in [5, 5.41) is 3.53. The van der Waals surface area contributed by atoms with Gasteiger partial charge in [0.1, 0.15) is 0 Å². The van der Waals surface area contributed by atoms with E-state index in [0.29, 0.717) is 24.3 Å². The highest BCUT2D eigenvalue weighted by Gasteiger charge is 2.11. The highest BCUT2D eigenvalue weighted by molar-refractivity contribution is 5.73. The molecule has 0 radical (unpaired) electrons. The lowest BCUT2D eigenvalue weighted by atomic mass is 9.95. The molecular formula is C13H28N2O. The van der Waals surface area contributed by atoms with Crippen LogP contribution in [-0.2, 0) is 4.79 Å². The van der Waals surface area contributed by atoms with Gasteiger partial charge in [0.05, 0.1) is 0 Å². The van der Waals surface area contributed by atoms with Crippen LogP contribution in [-0.4, -0.2) is 18.5 Å². The number of carbonyl (C=O) groups excluding carboxylic acids is 1. The Labute approximate surface area is 100 Å². The SMILES string of the molecule is CC(C)CC(CC(C)C)NCCCC(N)=O. The molecule has 0 aliphatic heterocycles. The molecule has 1 amide bonds. The molecule has 16 heavy (non-hydrogen) atoms. The third-order valence-corrected chi connectivity index (χ3v) is 2.54. The average Bonchev–Trinajstić information content (AvgIpc) is 2.09. The first-order valence-corrected chi connectivity index (χ1v) is 6.43. The van der Waals surface area contributed by atoms with Gasteiger partial charge in [0.25, 0.3) is 0 Å². The zero-order valence-corrected chi connectivity index (χ0v) is 11.3. The van der Waals surface area contributed by atoms with E-state index in [1.54, 1.807) is 0 Å². The number of primary amides is 1. The van der Waals surface area contributed by atoms with Crippen LogP contribution in [0.4, 0.5) is 0 Å². The number of hydrogen-bond donors (Lipinski definition) is 2. The van der Waals surface area contributed by atoms with E-state index in [0.717, 1.165) is 13.0 Å². The van der Waals surface area contributed by atoms with Crippen LogP contribution in [0.15, 0.2) is 0 Å². The van der Waals surface area contributed by atoms with Crippen LogP contribution in [0.2, 0.25) is 0 Å². The largest absolute Gasteiger partial charge is 0.370 e. The molecule has 0 aromatic carbocycles.